The number of rotatable bonds is 28. The molecule has 3 nitrogen and oxygen atoms in total. The van der Waals surface area contributed by atoms with Crippen LogP contribution in [0.4, 0.5) is 0 Å². The average molecular weight is 496 g/mol. The zero-order chi connectivity index (χ0) is 25.9. The summed E-state index contributed by atoms with van der Waals surface area (Å²) in [5.41, 5.74) is 0.232. The Kier molecular flexibility index (Phi) is 26.1. The van der Waals surface area contributed by atoms with E-state index in [1.165, 1.54) is 128 Å². The number of hydrogen-bond acceptors (Lipinski definition) is 3. The van der Waals surface area contributed by atoms with Crippen molar-refractivity contribution in [3.05, 3.63) is 0 Å². The Morgan fingerprint density at radius 2 is 0.971 bits per heavy atom. The van der Waals surface area contributed by atoms with Gasteiger partial charge in [-0.05, 0) is 46.6 Å². The van der Waals surface area contributed by atoms with Crippen molar-refractivity contribution in [2.75, 3.05) is 13.2 Å². The van der Waals surface area contributed by atoms with Gasteiger partial charge < -0.3 is 10.1 Å². The molecule has 0 heterocycles. The van der Waals surface area contributed by atoms with Crippen LogP contribution in [-0.2, 0) is 9.53 Å². The van der Waals surface area contributed by atoms with Crippen LogP contribution in [0.1, 0.15) is 182 Å². The minimum atomic E-state index is -0.0508. The number of hydrogen-bond donors (Lipinski definition) is 1. The van der Waals surface area contributed by atoms with Gasteiger partial charge in [-0.15, -0.1) is 0 Å². The van der Waals surface area contributed by atoms with Gasteiger partial charge in [-0.25, -0.2) is 0 Å². The highest BCUT2D eigenvalue weighted by Crippen LogP contribution is 2.17. The Balaban J connectivity index is 3.28. The third-order valence-electron chi connectivity index (χ3n) is 7.37. The van der Waals surface area contributed by atoms with Gasteiger partial charge in [0.2, 0.25) is 0 Å². The summed E-state index contributed by atoms with van der Waals surface area (Å²) < 4.78 is 4.98. The van der Waals surface area contributed by atoms with Crippen LogP contribution in [0.2, 0.25) is 0 Å². The van der Waals surface area contributed by atoms with E-state index in [0.717, 1.165) is 25.8 Å². The van der Waals surface area contributed by atoms with E-state index in [-0.39, 0.29) is 11.5 Å². The smallest absolute Gasteiger partial charge is 0.305 e. The van der Waals surface area contributed by atoms with Gasteiger partial charge in [-0.2, -0.15) is 0 Å². The first-order valence-corrected chi connectivity index (χ1v) is 15.9. The summed E-state index contributed by atoms with van der Waals surface area (Å²) >= 11 is 0. The molecule has 0 unspecified atom stereocenters. The summed E-state index contributed by atoms with van der Waals surface area (Å²) in [5, 5.41) is 3.71. The van der Waals surface area contributed by atoms with Crippen molar-refractivity contribution in [1.29, 1.82) is 0 Å². The highest BCUT2D eigenvalue weighted by atomic mass is 16.5. The van der Waals surface area contributed by atoms with E-state index < -0.39 is 0 Å². The van der Waals surface area contributed by atoms with E-state index in [2.05, 4.69) is 26.1 Å². The fraction of sp³-hybridized carbons (Fsp3) is 0.969. The monoisotopic (exact) mass is 496 g/mol. The molecular formula is C32H65NO2. The predicted molar refractivity (Wildman–Crippen MR) is 155 cm³/mol. The normalized spacial score (nSPS) is 11.8. The molecule has 0 saturated carbocycles. The van der Waals surface area contributed by atoms with Gasteiger partial charge in [0.05, 0.1) is 6.61 Å². The van der Waals surface area contributed by atoms with Crippen LogP contribution in [0.5, 0.6) is 0 Å². The quantitative estimate of drug-likeness (QED) is 0.0866. The zero-order valence-electron chi connectivity index (χ0n) is 24.7. The van der Waals surface area contributed by atoms with Crippen molar-refractivity contribution in [3.8, 4) is 0 Å². The lowest BCUT2D eigenvalue weighted by molar-refractivity contribution is -0.143. The Morgan fingerprint density at radius 1 is 0.571 bits per heavy atom. The molecule has 0 aromatic carbocycles. The third-order valence-corrected chi connectivity index (χ3v) is 7.37. The molecule has 0 atom stereocenters. The molecule has 0 fully saturated rings. The molecule has 210 valence electrons. The summed E-state index contributed by atoms with van der Waals surface area (Å²) in [6, 6.07) is 0. The Hall–Kier alpha value is -0.570. The lowest BCUT2D eigenvalue weighted by Gasteiger charge is -2.26. The molecule has 0 aliphatic carbocycles. The molecule has 0 amide bonds. The molecule has 0 aromatic rings. The maximum absolute atomic E-state index is 11.3. The van der Waals surface area contributed by atoms with Gasteiger partial charge in [0, 0.05) is 12.0 Å². The molecule has 0 radical (unpaired) electrons. The Bertz CT molecular complexity index is 435. The van der Waals surface area contributed by atoms with Gasteiger partial charge in [0.15, 0.2) is 0 Å². The minimum absolute atomic E-state index is 0.0508. The van der Waals surface area contributed by atoms with Crippen molar-refractivity contribution >= 4 is 5.97 Å². The molecule has 1 N–H and O–H groups in total. The molecule has 0 aliphatic rings. The lowest BCUT2D eigenvalue weighted by Crippen LogP contribution is -2.39. The fourth-order valence-electron chi connectivity index (χ4n) is 4.96. The van der Waals surface area contributed by atoms with Crippen LogP contribution in [-0.4, -0.2) is 24.7 Å². The molecule has 3 heteroatoms. The molecule has 0 rings (SSSR count). The third kappa shape index (κ3) is 27.9. The summed E-state index contributed by atoms with van der Waals surface area (Å²) in [5.74, 6) is -0.0508. The average Bonchev–Trinajstić information content (AvgIpc) is 2.83. The molecule has 35 heavy (non-hydrogen) atoms. The Morgan fingerprint density at radius 3 is 1.40 bits per heavy atom. The maximum atomic E-state index is 11.3. The number of nitrogens with one attached hydrogen (secondary N) is 1. The highest BCUT2D eigenvalue weighted by Gasteiger charge is 2.15. The summed E-state index contributed by atoms with van der Waals surface area (Å²) in [6.07, 6.45) is 32.3. The van der Waals surface area contributed by atoms with E-state index in [0.29, 0.717) is 13.0 Å². The largest absolute Gasteiger partial charge is 0.466 e. The van der Waals surface area contributed by atoms with E-state index in [1.807, 2.05) is 6.92 Å². The van der Waals surface area contributed by atoms with Gasteiger partial charge in [0.25, 0.3) is 0 Å². The van der Waals surface area contributed by atoms with Gasteiger partial charge >= 0.3 is 5.97 Å². The van der Waals surface area contributed by atoms with Crippen molar-refractivity contribution < 1.29 is 9.53 Å². The van der Waals surface area contributed by atoms with E-state index in [9.17, 15) is 4.79 Å². The molecule has 0 bridgehead atoms. The summed E-state index contributed by atoms with van der Waals surface area (Å²) in [4.78, 5) is 11.3. The van der Waals surface area contributed by atoms with Crippen LogP contribution in [0, 0.1) is 0 Å². The van der Waals surface area contributed by atoms with Crippen molar-refractivity contribution in [2.45, 2.75) is 187 Å². The fourth-order valence-corrected chi connectivity index (χ4v) is 4.96. The van der Waals surface area contributed by atoms with Gasteiger partial charge in [-0.3, -0.25) is 4.79 Å². The van der Waals surface area contributed by atoms with Gasteiger partial charge in [0.1, 0.15) is 0 Å². The van der Waals surface area contributed by atoms with Crippen LogP contribution in [0.3, 0.4) is 0 Å². The molecule has 0 aromatic heterocycles. The number of unbranched alkanes of at least 4 members (excludes halogenated alkanes) is 20. The number of carbonyl (C=O) groups excluding carboxylic acids is 1. The second-order valence-electron chi connectivity index (χ2n) is 11.5. The topological polar surface area (TPSA) is 38.3 Å². The first-order valence-electron chi connectivity index (χ1n) is 15.9. The Labute approximate surface area is 221 Å². The molecule has 0 saturated heterocycles. The van der Waals surface area contributed by atoms with Crippen molar-refractivity contribution in [1.82, 2.24) is 5.32 Å². The van der Waals surface area contributed by atoms with E-state index >= 15 is 0 Å². The molecule has 0 spiro atoms. The second kappa shape index (κ2) is 26.5. The summed E-state index contributed by atoms with van der Waals surface area (Å²) in [7, 11) is 0. The second-order valence-corrected chi connectivity index (χ2v) is 11.5. The van der Waals surface area contributed by atoms with Crippen molar-refractivity contribution in [2.24, 2.45) is 0 Å². The number of ether oxygens (including phenoxy) is 1. The van der Waals surface area contributed by atoms with Crippen LogP contribution >= 0.6 is 0 Å². The van der Waals surface area contributed by atoms with Crippen molar-refractivity contribution in [3.63, 3.8) is 0 Å². The maximum Gasteiger partial charge on any atom is 0.305 e. The number of esters is 1. The van der Waals surface area contributed by atoms with E-state index in [4.69, 9.17) is 4.74 Å². The number of carbonyl (C=O) groups is 1. The minimum Gasteiger partial charge on any atom is -0.466 e. The zero-order valence-corrected chi connectivity index (χ0v) is 24.7. The highest BCUT2D eigenvalue weighted by molar-refractivity contribution is 5.69. The molecule has 0 aliphatic heterocycles. The first kappa shape index (κ1) is 34.4. The van der Waals surface area contributed by atoms with E-state index in [1.54, 1.807) is 0 Å². The SMILES string of the molecule is CCCCCCCCCCCCCCCCCCCCCC(C)(C)NCCCCCC(=O)OCC. The molecular weight excluding hydrogens is 430 g/mol. The lowest BCUT2D eigenvalue weighted by atomic mass is 9.95. The summed E-state index contributed by atoms with van der Waals surface area (Å²) in [6.45, 7) is 10.4. The van der Waals surface area contributed by atoms with Gasteiger partial charge in [-0.1, -0.05) is 135 Å². The van der Waals surface area contributed by atoms with Crippen LogP contribution in [0.15, 0.2) is 0 Å². The first-order chi connectivity index (χ1) is 17.0. The van der Waals surface area contributed by atoms with Crippen LogP contribution in [0.25, 0.3) is 0 Å². The van der Waals surface area contributed by atoms with Crippen LogP contribution < -0.4 is 5.32 Å². The standard InChI is InChI=1S/C32H65NO2/c1-5-7-8-9-10-11-12-13-14-15-16-17-18-19-20-21-22-23-26-29-32(3,4)33-30-27-24-25-28-31(34)35-6-2/h33H,5-30H2,1-4H3. The predicted octanol–water partition coefficient (Wildman–Crippen LogP) is 10.3.